The van der Waals surface area contributed by atoms with Gasteiger partial charge in [0.1, 0.15) is 6.10 Å². The summed E-state index contributed by atoms with van der Waals surface area (Å²) in [5.41, 5.74) is 0.795. The number of carbonyl (C=O) groups excluding carboxylic acids is 2. The van der Waals surface area contributed by atoms with E-state index in [-0.39, 0.29) is 36.2 Å². The van der Waals surface area contributed by atoms with E-state index in [0.29, 0.717) is 39.1 Å². The van der Waals surface area contributed by atoms with Crippen LogP contribution in [0.2, 0.25) is 0 Å². The molecule has 1 unspecified atom stereocenters. The van der Waals surface area contributed by atoms with Crippen molar-refractivity contribution in [3.8, 4) is 0 Å². The van der Waals surface area contributed by atoms with Crippen molar-refractivity contribution >= 4 is 45.8 Å². The lowest BCUT2D eigenvalue weighted by Gasteiger charge is -2.34. The summed E-state index contributed by atoms with van der Waals surface area (Å²) in [5, 5.41) is 6.12. The molecule has 0 radical (unpaired) electrons. The summed E-state index contributed by atoms with van der Waals surface area (Å²) in [4.78, 5) is 26.6. The monoisotopic (exact) mass is 431 g/mol. The van der Waals surface area contributed by atoms with Gasteiger partial charge in [-0.05, 0) is 37.1 Å². The van der Waals surface area contributed by atoms with Crippen LogP contribution in [0.1, 0.15) is 12.8 Å². The number of likely N-dealkylation sites (tertiary alicyclic amines) is 1. The van der Waals surface area contributed by atoms with Crippen LogP contribution in [-0.4, -0.2) is 55.6 Å². The molecule has 0 saturated carbocycles. The van der Waals surface area contributed by atoms with Crippen molar-refractivity contribution in [3.63, 3.8) is 0 Å². The van der Waals surface area contributed by atoms with Crippen LogP contribution in [0.5, 0.6) is 0 Å². The molecule has 25 heavy (non-hydrogen) atoms. The van der Waals surface area contributed by atoms with Gasteiger partial charge in [-0.2, -0.15) is 0 Å². The predicted octanol–water partition coefficient (Wildman–Crippen LogP) is 2.04. The number of anilines is 1. The fraction of sp³-hybridized carbons (Fsp3) is 0.529. The molecule has 2 heterocycles. The molecule has 2 aliphatic heterocycles. The number of benzene rings is 1. The average molecular weight is 433 g/mol. The van der Waals surface area contributed by atoms with Crippen LogP contribution in [0.3, 0.4) is 0 Å². The highest BCUT2D eigenvalue weighted by Crippen LogP contribution is 2.21. The molecule has 3 rings (SSSR count). The normalized spacial score (nSPS) is 21.3. The second kappa shape index (κ2) is 9.52. The number of hydrogen-bond acceptors (Lipinski definition) is 4. The van der Waals surface area contributed by atoms with Gasteiger partial charge < -0.3 is 20.3 Å². The minimum atomic E-state index is -0.383. The maximum absolute atomic E-state index is 12.4. The zero-order valence-electron chi connectivity index (χ0n) is 13.9. The number of rotatable bonds is 3. The van der Waals surface area contributed by atoms with E-state index in [0.717, 1.165) is 16.7 Å². The summed E-state index contributed by atoms with van der Waals surface area (Å²) in [6.45, 7) is 3.15. The third-order valence-corrected chi connectivity index (χ3v) is 5.02. The first-order chi connectivity index (χ1) is 11.6. The van der Waals surface area contributed by atoms with E-state index >= 15 is 0 Å². The standard InChI is InChI=1S/C17H22BrN3O3.ClH/c18-13-1-3-14(4-2-13)20-16(22)12-5-8-21(9-6-12)17(23)15-11-19-7-10-24-15;/h1-4,12,15,19H,5-11H2,(H,20,22);1H. The molecule has 0 bridgehead atoms. The molecule has 2 fully saturated rings. The number of hydrogen-bond donors (Lipinski definition) is 2. The van der Waals surface area contributed by atoms with E-state index in [1.54, 1.807) is 0 Å². The Morgan fingerprint density at radius 1 is 1.20 bits per heavy atom. The fourth-order valence-corrected chi connectivity index (χ4v) is 3.33. The molecule has 138 valence electrons. The maximum atomic E-state index is 12.4. The molecular weight excluding hydrogens is 410 g/mol. The summed E-state index contributed by atoms with van der Waals surface area (Å²) in [6.07, 6.45) is 0.995. The number of halogens is 2. The molecule has 2 aliphatic rings. The van der Waals surface area contributed by atoms with Crippen molar-refractivity contribution in [2.45, 2.75) is 18.9 Å². The Balaban J connectivity index is 0.00000225. The molecule has 2 saturated heterocycles. The minimum absolute atomic E-state index is 0. The summed E-state index contributed by atoms with van der Waals surface area (Å²) < 4.78 is 6.50. The van der Waals surface area contributed by atoms with Crippen LogP contribution in [0.15, 0.2) is 28.7 Å². The molecule has 0 aliphatic carbocycles. The highest BCUT2D eigenvalue weighted by molar-refractivity contribution is 9.10. The summed E-state index contributed by atoms with van der Waals surface area (Å²) >= 11 is 3.38. The highest BCUT2D eigenvalue weighted by Gasteiger charge is 2.31. The molecule has 2 amide bonds. The van der Waals surface area contributed by atoms with Crippen LogP contribution >= 0.6 is 28.3 Å². The molecule has 8 heteroatoms. The fourth-order valence-electron chi connectivity index (χ4n) is 3.07. The lowest BCUT2D eigenvalue weighted by atomic mass is 9.95. The molecule has 0 spiro atoms. The van der Waals surface area contributed by atoms with Crippen molar-refractivity contribution in [1.29, 1.82) is 0 Å². The maximum Gasteiger partial charge on any atom is 0.253 e. The minimum Gasteiger partial charge on any atom is -0.366 e. The van der Waals surface area contributed by atoms with Gasteiger partial charge in [0, 0.05) is 42.3 Å². The van der Waals surface area contributed by atoms with Gasteiger partial charge in [0.25, 0.3) is 5.91 Å². The molecule has 1 atom stereocenters. The second-order valence-electron chi connectivity index (χ2n) is 6.16. The van der Waals surface area contributed by atoms with Gasteiger partial charge in [-0.15, -0.1) is 12.4 Å². The van der Waals surface area contributed by atoms with Gasteiger partial charge >= 0.3 is 0 Å². The van der Waals surface area contributed by atoms with Crippen LogP contribution in [0.25, 0.3) is 0 Å². The quantitative estimate of drug-likeness (QED) is 0.767. The van der Waals surface area contributed by atoms with Crippen molar-refractivity contribution in [1.82, 2.24) is 10.2 Å². The molecule has 1 aromatic rings. The largest absolute Gasteiger partial charge is 0.366 e. The third-order valence-electron chi connectivity index (χ3n) is 4.49. The highest BCUT2D eigenvalue weighted by atomic mass is 79.9. The van der Waals surface area contributed by atoms with Crippen LogP contribution in [-0.2, 0) is 14.3 Å². The summed E-state index contributed by atoms with van der Waals surface area (Å²) in [6, 6.07) is 7.53. The van der Waals surface area contributed by atoms with E-state index < -0.39 is 0 Å². The van der Waals surface area contributed by atoms with Crippen molar-refractivity contribution in [2.75, 3.05) is 38.1 Å². The average Bonchev–Trinajstić information content (AvgIpc) is 2.64. The zero-order valence-corrected chi connectivity index (χ0v) is 16.3. The Hall–Kier alpha value is -1.15. The number of morpholine rings is 1. The van der Waals surface area contributed by atoms with E-state index in [2.05, 4.69) is 26.6 Å². The smallest absolute Gasteiger partial charge is 0.253 e. The van der Waals surface area contributed by atoms with Gasteiger partial charge in [0.05, 0.1) is 6.61 Å². The van der Waals surface area contributed by atoms with Crippen LogP contribution in [0.4, 0.5) is 5.69 Å². The topological polar surface area (TPSA) is 70.7 Å². The lowest BCUT2D eigenvalue weighted by molar-refractivity contribution is -0.147. The Morgan fingerprint density at radius 2 is 1.88 bits per heavy atom. The Kier molecular flexibility index (Phi) is 7.68. The lowest BCUT2D eigenvalue weighted by Crippen LogP contribution is -2.51. The SMILES string of the molecule is Cl.O=C(Nc1ccc(Br)cc1)C1CCN(C(=O)C2CNCCO2)CC1. The van der Waals surface area contributed by atoms with Crippen LogP contribution < -0.4 is 10.6 Å². The van der Waals surface area contributed by atoms with E-state index in [1.807, 2.05) is 29.2 Å². The van der Waals surface area contributed by atoms with Gasteiger partial charge in [-0.3, -0.25) is 9.59 Å². The number of nitrogens with one attached hydrogen (secondary N) is 2. The molecule has 6 nitrogen and oxygen atoms in total. The Bertz CT molecular complexity index is 585. The number of nitrogens with zero attached hydrogens (tertiary/aromatic N) is 1. The number of carbonyl (C=O) groups is 2. The Labute approximate surface area is 162 Å². The van der Waals surface area contributed by atoms with Crippen molar-refractivity contribution in [2.24, 2.45) is 5.92 Å². The van der Waals surface area contributed by atoms with Gasteiger partial charge in [0.15, 0.2) is 0 Å². The first-order valence-electron chi connectivity index (χ1n) is 8.31. The van der Waals surface area contributed by atoms with Crippen LogP contribution in [0, 0.1) is 5.92 Å². The number of amides is 2. The predicted molar refractivity (Wildman–Crippen MR) is 102 cm³/mol. The molecule has 1 aromatic carbocycles. The molecular formula is C17H23BrClN3O3. The first-order valence-corrected chi connectivity index (χ1v) is 9.10. The third kappa shape index (κ3) is 5.41. The molecule has 2 N–H and O–H groups in total. The van der Waals surface area contributed by atoms with Gasteiger partial charge in [0.2, 0.25) is 5.91 Å². The summed E-state index contributed by atoms with van der Waals surface area (Å²) in [7, 11) is 0. The van der Waals surface area contributed by atoms with Crippen molar-refractivity contribution < 1.29 is 14.3 Å². The number of ether oxygens (including phenoxy) is 1. The second-order valence-corrected chi connectivity index (χ2v) is 7.07. The van der Waals surface area contributed by atoms with Gasteiger partial charge in [-0.1, -0.05) is 15.9 Å². The zero-order chi connectivity index (χ0) is 16.9. The van der Waals surface area contributed by atoms with E-state index in [1.165, 1.54) is 0 Å². The first kappa shape index (κ1) is 20.2. The van der Waals surface area contributed by atoms with Crippen molar-refractivity contribution in [3.05, 3.63) is 28.7 Å². The molecule has 0 aromatic heterocycles. The Morgan fingerprint density at radius 3 is 2.48 bits per heavy atom. The summed E-state index contributed by atoms with van der Waals surface area (Å²) in [5.74, 6) is 0.0112. The van der Waals surface area contributed by atoms with E-state index in [9.17, 15) is 9.59 Å². The van der Waals surface area contributed by atoms with E-state index in [4.69, 9.17) is 4.74 Å². The number of piperidine rings is 1. The van der Waals surface area contributed by atoms with Gasteiger partial charge in [-0.25, -0.2) is 0 Å².